The number of anilines is 1. The lowest BCUT2D eigenvalue weighted by Gasteiger charge is -2.37. The minimum atomic E-state index is -0.496. The Hall–Kier alpha value is -2.82. The number of β-amino-alcohol motifs (C(OH)–C–C–N with tert-alkyl or cyclic N) is 1. The summed E-state index contributed by atoms with van der Waals surface area (Å²) in [7, 11) is 0. The second-order valence-corrected chi connectivity index (χ2v) is 8.16. The molecule has 1 fully saturated rings. The standard InChI is InChI=1S/C27H32N2O2/c1-2-22-8-12-25(13-9-22)29-18-16-28(17-19-29)20-26(30)21-31-27-14-10-24(11-15-27)23-6-4-3-5-7-23/h3-15,26,30H,2,16-21H2,1H3. The lowest BCUT2D eigenvalue weighted by atomic mass is 10.1. The number of rotatable bonds is 8. The fourth-order valence-electron chi connectivity index (χ4n) is 4.05. The molecule has 0 radical (unpaired) electrons. The maximum Gasteiger partial charge on any atom is 0.119 e. The van der Waals surface area contributed by atoms with Crippen molar-refractivity contribution in [2.45, 2.75) is 19.4 Å². The van der Waals surface area contributed by atoms with Gasteiger partial charge in [-0.1, -0.05) is 61.5 Å². The van der Waals surface area contributed by atoms with Crippen LogP contribution in [-0.2, 0) is 6.42 Å². The van der Waals surface area contributed by atoms with E-state index in [-0.39, 0.29) is 0 Å². The van der Waals surface area contributed by atoms with E-state index in [4.69, 9.17) is 4.74 Å². The summed E-state index contributed by atoms with van der Waals surface area (Å²) in [5.74, 6) is 0.791. The molecule has 1 heterocycles. The fourth-order valence-corrected chi connectivity index (χ4v) is 4.05. The van der Waals surface area contributed by atoms with Gasteiger partial charge in [-0.15, -0.1) is 0 Å². The summed E-state index contributed by atoms with van der Waals surface area (Å²) in [5.41, 5.74) is 5.02. The lowest BCUT2D eigenvalue weighted by molar-refractivity contribution is 0.0663. The van der Waals surface area contributed by atoms with Crippen molar-refractivity contribution >= 4 is 5.69 Å². The summed E-state index contributed by atoms with van der Waals surface area (Å²) in [6.45, 7) is 7.02. The van der Waals surface area contributed by atoms with Crippen LogP contribution in [-0.4, -0.2) is 55.4 Å². The van der Waals surface area contributed by atoms with Crippen molar-refractivity contribution < 1.29 is 9.84 Å². The highest BCUT2D eigenvalue weighted by Crippen LogP contribution is 2.22. The van der Waals surface area contributed by atoms with Crippen LogP contribution in [0.4, 0.5) is 5.69 Å². The zero-order valence-electron chi connectivity index (χ0n) is 18.3. The molecule has 1 atom stereocenters. The van der Waals surface area contributed by atoms with Gasteiger partial charge < -0.3 is 14.7 Å². The van der Waals surface area contributed by atoms with Gasteiger partial charge in [0.15, 0.2) is 0 Å². The molecule has 31 heavy (non-hydrogen) atoms. The molecule has 1 N–H and O–H groups in total. The molecular formula is C27H32N2O2. The Morgan fingerprint density at radius 1 is 0.806 bits per heavy atom. The summed E-state index contributed by atoms with van der Waals surface area (Å²) < 4.78 is 5.83. The van der Waals surface area contributed by atoms with E-state index in [1.165, 1.54) is 16.8 Å². The van der Waals surface area contributed by atoms with Crippen molar-refractivity contribution in [1.82, 2.24) is 4.90 Å². The molecule has 4 nitrogen and oxygen atoms in total. The van der Waals surface area contributed by atoms with E-state index in [1.807, 2.05) is 30.3 Å². The van der Waals surface area contributed by atoms with E-state index < -0.39 is 6.10 Å². The highest BCUT2D eigenvalue weighted by atomic mass is 16.5. The van der Waals surface area contributed by atoms with Crippen LogP contribution in [0.25, 0.3) is 11.1 Å². The lowest BCUT2D eigenvalue weighted by Crippen LogP contribution is -2.49. The molecule has 1 aliphatic heterocycles. The molecule has 3 aromatic carbocycles. The van der Waals surface area contributed by atoms with Gasteiger partial charge in [-0.3, -0.25) is 4.90 Å². The van der Waals surface area contributed by atoms with Crippen molar-refractivity contribution in [2.75, 3.05) is 44.2 Å². The summed E-state index contributed by atoms with van der Waals surface area (Å²) in [5, 5.41) is 10.5. The number of piperazine rings is 1. The number of benzene rings is 3. The Balaban J connectivity index is 1.20. The first-order valence-corrected chi connectivity index (χ1v) is 11.2. The third-order valence-electron chi connectivity index (χ3n) is 5.95. The molecule has 0 aromatic heterocycles. The Morgan fingerprint density at radius 3 is 2.10 bits per heavy atom. The second kappa shape index (κ2) is 10.5. The molecule has 1 unspecified atom stereocenters. The predicted octanol–water partition coefficient (Wildman–Crippen LogP) is 4.48. The van der Waals surface area contributed by atoms with Crippen molar-refractivity contribution in [2.24, 2.45) is 0 Å². The van der Waals surface area contributed by atoms with Gasteiger partial charge in [0.2, 0.25) is 0 Å². The van der Waals surface area contributed by atoms with Crippen molar-refractivity contribution in [1.29, 1.82) is 0 Å². The third kappa shape index (κ3) is 5.87. The quantitative estimate of drug-likeness (QED) is 0.587. The van der Waals surface area contributed by atoms with Crippen molar-refractivity contribution in [3.63, 3.8) is 0 Å². The van der Waals surface area contributed by atoms with Gasteiger partial charge in [0, 0.05) is 38.4 Å². The molecule has 0 spiro atoms. The fraction of sp³-hybridized carbons (Fsp3) is 0.333. The Bertz CT molecular complexity index is 918. The van der Waals surface area contributed by atoms with Gasteiger partial charge in [0.1, 0.15) is 18.5 Å². The second-order valence-electron chi connectivity index (χ2n) is 8.16. The molecular weight excluding hydrogens is 384 g/mol. The summed E-state index contributed by atoms with van der Waals surface area (Å²) in [6.07, 6.45) is 0.578. The van der Waals surface area contributed by atoms with E-state index in [1.54, 1.807) is 0 Å². The number of aliphatic hydroxyl groups is 1. The van der Waals surface area contributed by atoms with Gasteiger partial charge in [-0.05, 0) is 47.4 Å². The maximum absolute atomic E-state index is 10.5. The largest absolute Gasteiger partial charge is 0.491 e. The number of aryl methyl sites for hydroxylation is 1. The summed E-state index contributed by atoms with van der Waals surface area (Å²) >= 11 is 0. The van der Waals surface area contributed by atoms with E-state index in [9.17, 15) is 5.11 Å². The first-order valence-electron chi connectivity index (χ1n) is 11.2. The minimum Gasteiger partial charge on any atom is -0.491 e. The zero-order chi connectivity index (χ0) is 21.5. The first-order chi connectivity index (χ1) is 15.2. The zero-order valence-corrected chi connectivity index (χ0v) is 18.3. The molecule has 0 aliphatic carbocycles. The topological polar surface area (TPSA) is 35.9 Å². The van der Waals surface area contributed by atoms with Crippen LogP contribution in [0, 0.1) is 0 Å². The minimum absolute atomic E-state index is 0.309. The van der Waals surface area contributed by atoms with Crippen LogP contribution in [0.5, 0.6) is 5.75 Å². The monoisotopic (exact) mass is 416 g/mol. The SMILES string of the molecule is CCc1ccc(N2CCN(CC(O)COc3ccc(-c4ccccc4)cc3)CC2)cc1. The molecule has 0 saturated carbocycles. The molecule has 1 saturated heterocycles. The molecule has 4 heteroatoms. The molecule has 1 aliphatic rings. The van der Waals surface area contributed by atoms with E-state index in [0.717, 1.165) is 43.9 Å². The van der Waals surface area contributed by atoms with Gasteiger partial charge in [0.25, 0.3) is 0 Å². The van der Waals surface area contributed by atoms with Gasteiger partial charge >= 0.3 is 0 Å². The number of ether oxygens (including phenoxy) is 1. The van der Waals surface area contributed by atoms with Crippen LogP contribution in [0.2, 0.25) is 0 Å². The average Bonchev–Trinajstić information content (AvgIpc) is 2.84. The number of hydrogen-bond donors (Lipinski definition) is 1. The number of hydrogen-bond acceptors (Lipinski definition) is 4. The number of nitrogens with zero attached hydrogens (tertiary/aromatic N) is 2. The smallest absolute Gasteiger partial charge is 0.119 e. The van der Waals surface area contributed by atoms with Crippen LogP contribution in [0.1, 0.15) is 12.5 Å². The Morgan fingerprint density at radius 2 is 1.45 bits per heavy atom. The predicted molar refractivity (Wildman–Crippen MR) is 128 cm³/mol. The van der Waals surface area contributed by atoms with E-state index in [2.05, 4.69) is 65.3 Å². The van der Waals surface area contributed by atoms with Gasteiger partial charge in [0.05, 0.1) is 0 Å². The van der Waals surface area contributed by atoms with Gasteiger partial charge in [-0.2, -0.15) is 0 Å². The van der Waals surface area contributed by atoms with Crippen LogP contribution in [0.3, 0.4) is 0 Å². The Kier molecular flexibility index (Phi) is 7.23. The molecule has 162 valence electrons. The van der Waals surface area contributed by atoms with Crippen LogP contribution in [0.15, 0.2) is 78.9 Å². The van der Waals surface area contributed by atoms with E-state index in [0.29, 0.717) is 13.2 Å². The van der Waals surface area contributed by atoms with Gasteiger partial charge in [-0.25, -0.2) is 0 Å². The van der Waals surface area contributed by atoms with Crippen LogP contribution >= 0.6 is 0 Å². The average molecular weight is 417 g/mol. The molecule has 0 bridgehead atoms. The molecule has 4 rings (SSSR count). The highest BCUT2D eigenvalue weighted by Gasteiger charge is 2.19. The van der Waals surface area contributed by atoms with E-state index >= 15 is 0 Å². The van der Waals surface area contributed by atoms with Crippen molar-refractivity contribution in [3.8, 4) is 16.9 Å². The molecule has 3 aromatic rings. The third-order valence-corrected chi connectivity index (χ3v) is 5.95. The van der Waals surface area contributed by atoms with Crippen molar-refractivity contribution in [3.05, 3.63) is 84.4 Å². The summed E-state index contributed by atoms with van der Waals surface area (Å²) in [6, 6.07) is 27.2. The normalized spacial score (nSPS) is 15.6. The Labute approximate surface area is 185 Å². The maximum atomic E-state index is 10.5. The van der Waals surface area contributed by atoms with Crippen LogP contribution < -0.4 is 9.64 Å². The highest BCUT2D eigenvalue weighted by molar-refractivity contribution is 5.63. The first kappa shape index (κ1) is 21.4. The summed E-state index contributed by atoms with van der Waals surface area (Å²) in [4.78, 5) is 4.75. The number of aliphatic hydroxyl groups excluding tert-OH is 1. The molecule has 0 amide bonds.